The molecule has 2 aliphatic heterocycles. The van der Waals surface area contributed by atoms with Crippen molar-refractivity contribution in [3.05, 3.63) is 16.7 Å². The van der Waals surface area contributed by atoms with Crippen LogP contribution < -0.4 is 5.73 Å². The fourth-order valence-corrected chi connectivity index (χ4v) is 3.98. The molecule has 2 atom stereocenters. The number of rotatable bonds is 1. The van der Waals surface area contributed by atoms with Crippen LogP contribution in [0.3, 0.4) is 0 Å². The quantitative estimate of drug-likeness (QED) is 0.874. The van der Waals surface area contributed by atoms with Gasteiger partial charge in [0.25, 0.3) is 0 Å². The van der Waals surface area contributed by atoms with Gasteiger partial charge in [0.1, 0.15) is 5.52 Å². The van der Waals surface area contributed by atoms with Crippen molar-refractivity contribution in [2.75, 3.05) is 18.8 Å². The minimum atomic E-state index is 0.432. The van der Waals surface area contributed by atoms with E-state index in [0.29, 0.717) is 18.0 Å². The second-order valence-electron chi connectivity index (χ2n) is 5.44. The van der Waals surface area contributed by atoms with E-state index in [1.807, 2.05) is 12.3 Å². The Balaban J connectivity index is 1.84. The number of fused-ring (bicyclic) bond motifs is 2. The summed E-state index contributed by atoms with van der Waals surface area (Å²) in [5, 5.41) is 0. The average molecular weight is 322 g/mol. The molecule has 0 spiro atoms. The summed E-state index contributed by atoms with van der Waals surface area (Å²) < 4.78 is 3.09. The zero-order valence-corrected chi connectivity index (χ0v) is 12.2. The molecule has 4 rings (SSSR count). The number of nitrogens with zero attached hydrogens (tertiary/aromatic N) is 4. The number of nitrogens with two attached hydrogens (primary N) is 1. The molecule has 2 N–H and O–H groups in total. The summed E-state index contributed by atoms with van der Waals surface area (Å²) >= 11 is 3.43. The van der Waals surface area contributed by atoms with Crippen LogP contribution in [-0.2, 0) is 0 Å². The first kappa shape index (κ1) is 11.7. The number of nitrogen functional groups attached to an aromatic ring is 1. The highest BCUT2D eigenvalue weighted by Crippen LogP contribution is 2.38. The van der Waals surface area contributed by atoms with Gasteiger partial charge in [-0.15, -0.1) is 0 Å². The molecule has 0 aromatic carbocycles. The molecule has 19 heavy (non-hydrogen) atoms. The molecule has 2 aromatic rings. The lowest BCUT2D eigenvalue weighted by atomic mass is 10.1. The Hall–Kier alpha value is -1.14. The summed E-state index contributed by atoms with van der Waals surface area (Å²) in [5.74, 6) is 0.597. The molecule has 100 valence electrons. The number of pyridine rings is 1. The van der Waals surface area contributed by atoms with Crippen molar-refractivity contribution in [3.63, 3.8) is 0 Å². The Morgan fingerprint density at radius 3 is 3.05 bits per heavy atom. The highest BCUT2D eigenvalue weighted by molar-refractivity contribution is 9.10. The van der Waals surface area contributed by atoms with E-state index in [0.717, 1.165) is 22.1 Å². The van der Waals surface area contributed by atoms with E-state index < -0.39 is 0 Å². The maximum Gasteiger partial charge on any atom is 0.202 e. The number of hydrogen-bond acceptors (Lipinski definition) is 4. The largest absolute Gasteiger partial charge is 0.369 e. The Bertz CT molecular complexity index is 637. The van der Waals surface area contributed by atoms with Crippen molar-refractivity contribution >= 4 is 33.0 Å². The molecule has 2 fully saturated rings. The van der Waals surface area contributed by atoms with E-state index in [-0.39, 0.29) is 0 Å². The third-order valence-electron chi connectivity index (χ3n) is 4.43. The maximum absolute atomic E-state index is 6.14. The van der Waals surface area contributed by atoms with E-state index in [9.17, 15) is 0 Å². The first-order valence-corrected chi connectivity index (χ1v) is 7.56. The molecule has 0 bridgehead atoms. The molecule has 2 saturated heterocycles. The topological polar surface area (TPSA) is 60.0 Å². The van der Waals surface area contributed by atoms with Crippen LogP contribution in [0.5, 0.6) is 0 Å². The molecule has 5 nitrogen and oxygen atoms in total. The predicted molar refractivity (Wildman–Crippen MR) is 77.9 cm³/mol. The molecule has 4 heterocycles. The van der Waals surface area contributed by atoms with Crippen LogP contribution in [0, 0.1) is 0 Å². The molecule has 6 heteroatoms. The lowest BCUT2D eigenvalue weighted by Crippen LogP contribution is -2.28. The number of halogens is 1. The Labute approximate surface area is 119 Å². The summed E-state index contributed by atoms with van der Waals surface area (Å²) in [5.41, 5.74) is 7.94. The van der Waals surface area contributed by atoms with Gasteiger partial charge in [-0.1, -0.05) is 0 Å². The Kier molecular flexibility index (Phi) is 2.57. The third kappa shape index (κ3) is 1.70. The molecular formula is C13H16BrN5. The van der Waals surface area contributed by atoms with Crippen LogP contribution in [0.25, 0.3) is 11.2 Å². The summed E-state index contributed by atoms with van der Waals surface area (Å²) in [6.45, 7) is 2.40. The van der Waals surface area contributed by atoms with Crippen LogP contribution in [-0.4, -0.2) is 38.6 Å². The van der Waals surface area contributed by atoms with E-state index >= 15 is 0 Å². The van der Waals surface area contributed by atoms with E-state index in [1.165, 1.54) is 25.9 Å². The van der Waals surface area contributed by atoms with Gasteiger partial charge >= 0.3 is 0 Å². The van der Waals surface area contributed by atoms with Gasteiger partial charge < -0.3 is 5.73 Å². The smallest absolute Gasteiger partial charge is 0.202 e. The van der Waals surface area contributed by atoms with Crippen molar-refractivity contribution in [1.82, 2.24) is 19.4 Å². The zero-order chi connectivity index (χ0) is 13.0. The molecule has 2 aliphatic rings. The summed E-state index contributed by atoms with van der Waals surface area (Å²) in [4.78, 5) is 11.6. The third-order valence-corrected chi connectivity index (χ3v) is 4.86. The molecule has 0 aliphatic carbocycles. The second-order valence-corrected chi connectivity index (χ2v) is 6.35. The molecule has 2 unspecified atom stereocenters. The maximum atomic E-state index is 6.14. The Morgan fingerprint density at radius 2 is 2.16 bits per heavy atom. The van der Waals surface area contributed by atoms with Crippen LogP contribution in [0.1, 0.15) is 25.3 Å². The highest BCUT2D eigenvalue weighted by Gasteiger charge is 2.39. The number of aromatic nitrogens is 3. The SMILES string of the molecule is Nc1nc2cc(Br)cnc2n1C1CCN2CCCC12. The van der Waals surface area contributed by atoms with E-state index in [2.05, 4.69) is 35.4 Å². The van der Waals surface area contributed by atoms with Gasteiger partial charge in [-0.05, 0) is 47.8 Å². The van der Waals surface area contributed by atoms with Crippen molar-refractivity contribution < 1.29 is 0 Å². The van der Waals surface area contributed by atoms with Gasteiger partial charge in [0.2, 0.25) is 5.95 Å². The molecule has 2 aromatic heterocycles. The lowest BCUT2D eigenvalue weighted by Gasteiger charge is -2.22. The normalized spacial score (nSPS) is 27.2. The highest BCUT2D eigenvalue weighted by atomic mass is 79.9. The van der Waals surface area contributed by atoms with Crippen molar-refractivity contribution in [2.24, 2.45) is 0 Å². The van der Waals surface area contributed by atoms with Crippen molar-refractivity contribution in [1.29, 1.82) is 0 Å². The average Bonchev–Trinajstić information content (AvgIpc) is 3.02. The van der Waals surface area contributed by atoms with E-state index in [1.54, 1.807) is 0 Å². The molecule has 0 amide bonds. The number of hydrogen-bond donors (Lipinski definition) is 1. The standard InChI is InChI=1S/C13H16BrN5/c14-8-6-9-12(16-7-8)19(13(15)17-9)11-3-5-18-4-1-2-10(11)18/h6-7,10-11H,1-5H2,(H2,15,17). The van der Waals surface area contributed by atoms with Gasteiger partial charge in [-0.3, -0.25) is 9.47 Å². The van der Waals surface area contributed by atoms with Gasteiger partial charge in [0, 0.05) is 23.3 Å². The molecule has 0 saturated carbocycles. The van der Waals surface area contributed by atoms with Crippen LogP contribution in [0.15, 0.2) is 16.7 Å². The zero-order valence-electron chi connectivity index (χ0n) is 10.6. The summed E-state index contributed by atoms with van der Waals surface area (Å²) in [7, 11) is 0. The van der Waals surface area contributed by atoms with Crippen LogP contribution >= 0.6 is 15.9 Å². The minimum Gasteiger partial charge on any atom is -0.369 e. The first-order chi connectivity index (χ1) is 9.24. The van der Waals surface area contributed by atoms with Crippen LogP contribution in [0.2, 0.25) is 0 Å². The monoisotopic (exact) mass is 321 g/mol. The first-order valence-electron chi connectivity index (χ1n) is 6.77. The fourth-order valence-electron chi connectivity index (χ4n) is 3.66. The minimum absolute atomic E-state index is 0.432. The Morgan fingerprint density at radius 1 is 1.26 bits per heavy atom. The summed E-state index contributed by atoms with van der Waals surface area (Å²) in [6, 6.07) is 3.03. The van der Waals surface area contributed by atoms with Crippen molar-refractivity contribution in [3.8, 4) is 0 Å². The fraction of sp³-hybridized carbons (Fsp3) is 0.538. The van der Waals surface area contributed by atoms with Crippen molar-refractivity contribution in [2.45, 2.75) is 31.3 Å². The second kappa shape index (κ2) is 4.18. The van der Waals surface area contributed by atoms with Gasteiger partial charge in [0.15, 0.2) is 5.65 Å². The number of imidazole rings is 1. The summed E-state index contributed by atoms with van der Waals surface area (Å²) in [6.07, 6.45) is 5.53. The lowest BCUT2D eigenvalue weighted by molar-refractivity contribution is 0.293. The van der Waals surface area contributed by atoms with Gasteiger partial charge in [-0.2, -0.15) is 0 Å². The van der Waals surface area contributed by atoms with Gasteiger partial charge in [0.05, 0.1) is 6.04 Å². The van der Waals surface area contributed by atoms with Crippen LogP contribution in [0.4, 0.5) is 5.95 Å². The number of anilines is 1. The molecule has 0 radical (unpaired) electrons. The van der Waals surface area contributed by atoms with Gasteiger partial charge in [-0.25, -0.2) is 9.97 Å². The van der Waals surface area contributed by atoms with E-state index in [4.69, 9.17) is 5.73 Å². The molecular weight excluding hydrogens is 306 g/mol. The predicted octanol–water partition coefficient (Wildman–Crippen LogP) is 2.19.